The summed E-state index contributed by atoms with van der Waals surface area (Å²) in [6.45, 7) is 15.3. The number of rotatable bonds is 7. The van der Waals surface area contributed by atoms with Gasteiger partial charge in [0.05, 0.1) is 10.6 Å². The first-order valence-corrected chi connectivity index (χ1v) is 18.0. The van der Waals surface area contributed by atoms with Crippen LogP contribution in [-0.4, -0.2) is 59.0 Å². The lowest BCUT2D eigenvalue weighted by Gasteiger charge is -2.40. The van der Waals surface area contributed by atoms with Gasteiger partial charge >= 0.3 is 12.1 Å². The molecule has 1 aromatic rings. The number of Topliss-reactive ketones (excluding diaryl/α,β-unsaturated/α-hetero) is 1. The first kappa shape index (κ1) is 36.0. The normalized spacial score (nSPS) is 24.5. The smallest absolute Gasteiger partial charge is 0.410 e. The van der Waals surface area contributed by atoms with Crippen LogP contribution < -0.4 is 4.90 Å². The van der Waals surface area contributed by atoms with Gasteiger partial charge in [0.15, 0.2) is 0 Å². The van der Waals surface area contributed by atoms with Crippen LogP contribution in [0.5, 0.6) is 0 Å². The Balaban J connectivity index is 1.44. The number of carbonyl (C=O) groups excluding carboxylic acids is 3. The van der Waals surface area contributed by atoms with E-state index in [1.807, 2.05) is 20.8 Å². The second-order valence-corrected chi connectivity index (χ2v) is 17.1. The fraction of sp³-hybridized carbons (Fsp3) is 0.730. The Morgan fingerprint density at radius 1 is 0.913 bits per heavy atom. The van der Waals surface area contributed by atoms with Crippen LogP contribution in [0.25, 0.3) is 0 Å². The van der Waals surface area contributed by atoms with Crippen molar-refractivity contribution in [2.24, 2.45) is 28.6 Å². The number of thiophene rings is 1. The molecule has 9 heteroatoms. The number of nitrogens with zero attached hydrogens (tertiary/aromatic N) is 2. The zero-order valence-electron chi connectivity index (χ0n) is 28.9. The summed E-state index contributed by atoms with van der Waals surface area (Å²) in [7, 11) is 0. The number of likely N-dealkylation sites (tertiary alicyclic amines) is 1. The Morgan fingerprint density at radius 2 is 1.50 bits per heavy atom. The van der Waals surface area contributed by atoms with Crippen LogP contribution in [0.15, 0.2) is 6.07 Å². The highest BCUT2D eigenvalue weighted by molar-refractivity contribution is 7.15. The van der Waals surface area contributed by atoms with Gasteiger partial charge in [-0.15, -0.1) is 11.3 Å². The Labute approximate surface area is 279 Å². The lowest BCUT2D eigenvalue weighted by atomic mass is 9.79. The summed E-state index contributed by atoms with van der Waals surface area (Å²) >= 11 is 1.12. The maximum absolute atomic E-state index is 14.2. The quantitative estimate of drug-likeness (QED) is 0.298. The maximum atomic E-state index is 14.2. The highest BCUT2D eigenvalue weighted by Gasteiger charge is 2.39. The summed E-state index contributed by atoms with van der Waals surface area (Å²) in [6.07, 6.45) is 7.58. The van der Waals surface area contributed by atoms with Crippen molar-refractivity contribution in [3.63, 3.8) is 0 Å². The molecule has 0 spiro atoms. The van der Waals surface area contributed by atoms with Crippen LogP contribution in [0.4, 0.5) is 10.5 Å². The van der Waals surface area contributed by atoms with Gasteiger partial charge in [-0.2, -0.15) is 0 Å². The average molecular weight is 655 g/mol. The number of anilines is 1. The van der Waals surface area contributed by atoms with E-state index in [1.54, 1.807) is 15.9 Å². The van der Waals surface area contributed by atoms with Gasteiger partial charge < -0.3 is 19.6 Å². The summed E-state index contributed by atoms with van der Waals surface area (Å²) < 4.78 is 5.90. The molecule has 3 fully saturated rings. The highest BCUT2D eigenvalue weighted by Crippen LogP contribution is 2.38. The second kappa shape index (κ2) is 14.9. The third-order valence-corrected chi connectivity index (χ3v) is 10.5. The van der Waals surface area contributed by atoms with Crippen molar-refractivity contribution in [2.45, 2.75) is 131 Å². The average Bonchev–Trinajstić information content (AvgIpc) is 3.40. The molecular formula is C37H54N2O6S. The lowest BCUT2D eigenvalue weighted by Crippen LogP contribution is -2.51. The number of ketones is 1. The van der Waals surface area contributed by atoms with Gasteiger partial charge in [0, 0.05) is 42.8 Å². The molecule has 2 heterocycles. The van der Waals surface area contributed by atoms with Crippen molar-refractivity contribution in [1.29, 1.82) is 0 Å². The fourth-order valence-corrected chi connectivity index (χ4v) is 7.76. The van der Waals surface area contributed by atoms with Crippen molar-refractivity contribution in [1.82, 2.24) is 4.90 Å². The van der Waals surface area contributed by atoms with Crippen LogP contribution in [0.3, 0.4) is 0 Å². The molecule has 1 aromatic heterocycles. The molecule has 2 amide bonds. The molecule has 4 rings (SSSR count). The van der Waals surface area contributed by atoms with E-state index in [0.29, 0.717) is 67.5 Å². The predicted molar refractivity (Wildman–Crippen MR) is 182 cm³/mol. The third-order valence-electron chi connectivity index (χ3n) is 9.52. The van der Waals surface area contributed by atoms with Crippen LogP contribution in [0, 0.1) is 40.4 Å². The lowest BCUT2D eigenvalue weighted by molar-refractivity contribution is -0.126. The van der Waals surface area contributed by atoms with Crippen molar-refractivity contribution in [3.05, 3.63) is 15.8 Å². The number of hydrogen-bond acceptors (Lipinski definition) is 6. The van der Waals surface area contributed by atoms with Gasteiger partial charge in [-0.3, -0.25) is 9.59 Å². The number of hydrogen-bond donors (Lipinski definition) is 1. The molecular weight excluding hydrogens is 600 g/mol. The maximum Gasteiger partial charge on any atom is 0.410 e. The molecule has 2 saturated carbocycles. The van der Waals surface area contributed by atoms with E-state index in [1.165, 1.54) is 0 Å². The predicted octanol–water partition coefficient (Wildman–Crippen LogP) is 8.17. The van der Waals surface area contributed by atoms with Gasteiger partial charge in [0.2, 0.25) is 5.91 Å². The summed E-state index contributed by atoms with van der Waals surface area (Å²) in [5.41, 5.74) is 0.160. The van der Waals surface area contributed by atoms with E-state index < -0.39 is 5.97 Å². The minimum atomic E-state index is -1.06. The zero-order chi connectivity index (χ0) is 33.8. The fourth-order valence-electron chi connectivity index (χ4n) is 6.92. The number of carboxylic acid groups (broad SMARTS) is 1. The monoisotopic (exact) mass is 654 g/mol. The van der Waals surface area contributed by atoms with Gasteiger partial charge in [-0.05, 0) is 102 Å². The number of carboxylic acids is 1. The molecule has 8 nitrogen and oxygen atoms in total. The van der Waals surface area contributed by atoms with Crippen molar-refractivity contribution >= 4 is 40.8 Å². The Bertz CT molecular complexity index is 1320. The zero-order valence-corrected chi connectivity index (χ0v) is 29.8. The highest BCUT2D eigenvalue weighted by atomic mass is 32.1. The van der Waals surface area contributed by atoms with Crippen LogP contribution in [-0.2, 0) is 14.3 Å². The number of aromatic carboxylic acids is 1. The minimum absolute atomic E-state index is 0.0127. The standard InChI is InChI=1S/C37H54N2O6S/c1-24-8-10-26(11-9-24)33(41)39(30-22-29(16-19-36(2,3)4)46-32(30)34(42)43)27-17-20-38(21-18-27)35(44)45-28-14-12-25(13-15-28)31(40)23-37(5,6)7/h22,24-28H,8-15,17-18,20-21,23H2,1-7H3,(H,42,43). The molecule has 3 aliphatic rings. The number of carbonyl (C=O) groups is 4. The van der Waals surface area contributed by atoms with Gasteiger partial charge in [-0.25, -0.2) is 9.59 Å². The molecule has 0 atom stereocenters. The van der Waals surface area contributed by atoms with Gasteiger partial charge in [0.25, 0.3) is 0 Å². The topological polar surface area (TPSA) is 104 Å². The summed E-state index contributed by atoms with van der Waals surface area (Å²) in [5.74, 6) is 6.06. The molecule has 1 N–H and O–H groups in total. The molecule has 1 saturated heterocycles. The van der Waals surface area contributed by atoms with Crippen molar-refractivity contribution in [3.8, 4) is 11.8 Å². The summed E-state index contributed by atoms with van der Waals surface area (Å²) in [5, 5.41) is 10.2. The molecule has 0 bridgehead atoms. The SMILES string of the molecule is CC1CCC(C(=O)N(c2cc(C#CC(C)(C)C)sc2C(=O)O)C2CCN(C(=O)OC3CCC(C(=O)CC(C)(C)C)CC3)CC2)CC1. The molecule has 0 radical (unpaired) electrons. The van der Waals surface area contributed by atoms with E-state index in [9.17, 15) is 24.3 Å². The van der Waals surface area contributed by atoms with E-state index in [0.717, 1.165) is 49.9 Å². The number of ether oxygens (including phenoxy) is 1. The van der Waals surface area contributed by atoms with E-state index in [4.69, 9.17) is 4.74 Å². The summed E-state index contributed by atoms with van der Waals surface area (Å²) in [6, 6.07) is 1.55. The Kier molecular flexibility index (Phi) is 11.7. The van der Waals surface area contributed by atoms with Crippen LogP contribution >= 0.6 is 11.3 Å². The Hall–Kier alpha value is -2.86. The Morgan fingerprint density at radius 3 is 2.04 bits per heavy atom. The van der Waals surface area contributed by atoms with E-state index in [2.05, 4.69) is 39.5 Å². The van der Waals surface area contributed by atoms with Gasteiger partial charge in [-0.1, -0.05) is 39.5 Å². The molecule has 2 aliphatic carbocycles. The van der Waals surface area contributed by atoms with Crippen LogP contribution in [0.2, 0.25) is 0 Å². The third kappa shape index (κ3) is 9.82. The van der Waals surface area contributed by atoms with Gasteiger partial charge in [0.1, 0.15) is 16.8 Å². The molecule has 0 aromatic carbocycles. The van der Waals surface area contributed by atoms with Crippen LogP contribution in [0.1, 0.15) is 134 Å². The number of piperidine rings is 1. The number of amides is 2. The minimum Gasteiger partial charge on any atom is -0.477 e. The van der Waals surface area contributed by atoms with Crippen molar-refractivity contribution < 1.29 is 29.0 Å². The first-order chi connectivity index (χ1) is 21.5. The van der Waals surface area contributed by atoms with E-state index in [-0.39, 0.29) is 51.7 Å². The van der Waals surface area contributed by atoms with E-state index >= 15 is 0 Å². The largest absolute Gasteiger partial charge is 0.477 e. The first-order valence-electron chi connectivity index (χ1n) is 17.2. The van der Waals surface area contributed by atoms with Crippen molar-refractivity contribution in [2.75, 3.05) is 18.0 Å². The summed E-state index contributed by atoms with van der Waals surface area (Å²) in [4.78, 5) is 56.8. The second-order valence-electron chi connectivity index (χ2n) is 16.1. The molecule has 46 heavy (non-hydrogen) atoms. The molecule has 1 aliphatic heterocycles. The molecule has 0 unspecified atom stereocenters. The molecule has 254 valence electrons.